The van der Waals surface area contributed by atoms with E-state index in [1.165, 1.54) is 6.07 Å². The summed E-state index contributed by atoms with van der Waals surface area (Å²) in [7, 11) is 1.15. The SMILES string of the molecule is Cc1cc(-c2nn(C)c(C(F)(F)F)c2Br)c(F)cc1Cl. The second-order valence-corrected chi connectivity index (χ2v) is 5.41. The highest BCUT2D eigenvalue weighted by molar-refractivity contribution is 9.10. The van der Waals surface area contributed by atoms with Crippen LogP contribution in [-0.2, 0) is 13.2 Å². The fourth-order valence-electron chi connectivity index (χ4n) is 1.82. The van der Waals surface area contributed by atoms with Crippen molar-refractivity contribution in [2.45, 2.75) is 13.1 Å². The van der Waals surface area contributed by atoms with E-state index in [1.54, 1.807) is 6.92 Å². The lowest BCUT2D eigenvalue weighted by atomic mass is 10.1. The van der Waals surface area contributed by atoms with Crippen molar-refractivity contribution in [3.8, 4) is 11.3 Å². The first-order chi connectivity index (χ1) is 9.12. The van der Waals surface area contributed by atoms with E-state index in [0.717, 1.165) is 13.1 Å². The number of benzene rings is 1. The van der Waals surface area contributed by atoms with Crippen LogP contribution in [0.5, 0.6) is 0 Å². The molecule has 0 amide bonds. The number of aryl methyl sites for hydroxylation is 2. The predicted molar refractivity (Wildman–Crippen MR) is 71.1 cm³/mol. The smallest absolute Gasteiger partial charge is 0.262 e. The Morgan fingerprint density at radius 3 is 2.40 bits per heavy atom. The number of aromatic nitrogens is 2. The summed E-state index contributed by atoms with van der Waals surface area (Å²) in [6.07, 6.45) is -4.59. The number of alkyl halides is 3. The van der Waals surface area contributed by atoms with Crippen molar-refractivity contribution in [1.82, 2.24) is 9.78 Å². The molecule has 8 heteroatoms. The Balaban J connectivity index is 2.70. The standard InChI is InChI=1S/C12H8BrClF4N2/c1-5-3-6(8(15)4-7(5)14)10-9(13)11(12(16,17)18)20(2)19-10/h3-4H,1-2H3. The number of rotatable bonds is 1. The second kappa shape index (κ2) is 5.04. The first-order valence-corrected chi connectivity index (χ1v) is 6.55. The van der Waals surface area contributed by atoms with E-state index in [9.17, 15) is 17.6 Å². The van der Waals surface area contributed by atoms with Gasteiger partial charge < -0.3 is 0 Å². The zero-order chi connectivity index (χ0) is 15.2. The zero-order valence-electron chi connectivity index (χ0n) is 10.3. The van der Waals surface area contributed by atoms with E-state index in [1.807, 2.05) is 0 Å². The molecule has 0 aliphatic heterocycles. The maximum atomic E-state index is 13.9. The highest BCUT2D eigenvalue weighted by Gasteiger charge is 2.39. The van der Waals surface area contributed by atoms with Gasteiger partial charge in [0.1, 0.15) is 11.5 Å². The molecule has 0 unspecified atom stereocenters. The molecule has 1 heterocycles. The highest BCUT2D eigenvalue weighted by atomic mass is 79.9. The molecule has 1 aromatic heterocycles. The highest BCUT2D eigenvalue weighted by Crippen LogP contribution is 2.40. The largest absolute Gasteiger partial charge is 0.434 e. The Morgan fingerprint density at radius 1 is 1.30 bits per heavy atom. The van der Waals surface area contributed by atoms with Gasteiger partial charge in [0, 0.05) is 17.6 Å². The van der Waals surface area contributed by atoms with Crippen LogP contribution in [0.2, 0.25) is 5.02 Å². The third kappa shape index (κ3) is 2.56. The first kappa shape index (κ1) is 15.3. The van der Waals surface area contributed by atoms with Crippen LogP contribution < -0.4 is 0 Å². The van der Waals surface area contributed by atoms with Crippen molar-refractivity contribution in [1.29, 1.82) is 0 Å². The third-order valence-corrected chi connectivity index (χ3v) is 3.92. The van der Waals surface area contributed by atoms with E-state index in [2.05, 4.69) is 21.0 Å². The topological polar surface area (TPSA) is 17.8 Å². The van der Waals surface area contributed by atoms with Crippen LogP contribution in [0.4, 0.5) is 17.6 Å². The number of halogens is 6. The van der Waals surface area contributed by atoms with E-state index < -0.39 is 17.7 Å². The number of hydrogen-bond acceptors (Lipinski definition) is 1. The lowest BCUT2D eigenvalue weighted by molar-refractivity contribution is -0.144. The molecule has 0 bridgehead atoms. The average molecular weight is 372 g/mol. The summed E-state index contributed by atoms with van der Waals surface area (Å²) in [6.45, 7) is 1.63. The molecule has 0 fully saturated rings. The summed E-state index contributed by atoms with van der Waals surface area (Å²) in [6, 6.07) is 2.42. The van der Waals surface area contributed by atoms with E-state index in [4.69, 9.17) is 11.6 Å². The minimum Gasteiger partial charge on any atom is -0.262 e. The second-order valence-electron chi connectivity index (χ2n) is 4.21. The Kier molecular flexibility index (Phi) is 3.85. The van der Waals surface area contributed by atoms with Gasteiger partial charge in [0.05, 0.1) is 4.47 Å². The van der Waals surface area contributed by atoms with Crippen LogP contribution in [0.3, 0.4) is 0 Å². The molecular formula is C12H8BrClF4N2. The summed E-state index contributed by atoms with van der Waals surface area (Å²) in [5.41, 5.74) is -0.573. The van der Waals surface area contributed by atoms with Crippen molar-refractivity contribution >= 4 is 27.5 Å². The third-order valence-electron chi connectivity index (χ3n) is 2.76. The Hall–Kier alpha value is -1.08. The normalized spacial score (nSPS) is 12.0. The summed E-state index contributed by atoms with van der Waals surface area (Å²) in [5.74, 6) is -0.729. The van der Waals surface area contributed by atoms with Gasteiger partial charge in [0.15, 0.2) is 5.69 Å². The van der Waals surface area contributed by atoms with Crippen LogP contribution in [0.15, 0.2) is 16.6 Å². The van der Waals surface area contributed by atoms with Crippen LogP contribution in [-0.4, -0.2) is 9.78 Å². The zero-order valence-corrected chi connectivity index (χ0v) is 12.7. The number of hydrogen-bond donors (Lipinski definition) is 0. The molecule has 108 valence electrons. The fourth-order valence-corrected chi connectivity index (χ4v) is 2.74. The van der Waals surface area contributed by atoms with Gasteiger partial charge in [-0.2, -0.15) is 18.3 Å². The van der Waals surface area contributed by atoms with Gasteiger partial charge in [-0.05, 0) is 40.5 Å². The predicted octanol–water partition coefficient (Wildman–Crippen LogP) is 4.97. The van der Waals surface area contributed by atoms with Crippen LogP contribution >= 0.6 is 27.5 Å². The van der Waals surface area contributed by atoms with E-state index >= 15 is 0 Å². The average Bonchev–Trinajstić information content (AvgIpc) is 2.58. The monoisotopic (exact) mass is 370 g/mol. The molecule has 2 aromatic rings. The molecule has 0 radical (unpaired) electrons. The molecule has 0 aliphatic rings. The minimum absolute atomic E-state index is 0.0372. The molecule has 1 aromatic carbocycles. The molecule has 2 rings (SSSR count). The number of nitrogens with zero attached hydrogens (tertiary/aromatic N) is 2. The van der Waals surface area contributed by atoms with Gasteiger partial charge in [0.25, 0.3) is 0 Å². The molecule has 0 atom stereocenters. The molecule has 0 saturated carbocycles. The Labute approximate surface area is 125 Å². The summed E-state index contributed by atoms with van der Waals surface area (Å²) in [4.78, 5) is 0. The molecule has 0 saturated heterocycles. The van der Waals surface area contributed by atoms with Gasteiger partial charge in [0.2, 0.25) is 0 Å². The molecule has 2 nitrogen and oxygen atoms in total. The van der Waals surface area contributed by atoms with Crippen molar-refractivity contribution < 1.29 is 17.6 Å². The van der Waals surface area contributed by atoms with Gasteiger partial charge >= 0.3 is 6.18 Å². The van der Waals surface area contributed by atoms with E-state index in [-0.39, 0.29) is 20.8 Å². The molecule has 0 spiro atoms. The van der Waals surface area contributed by atoms with Gasteiger partial charge in [-0.1, -0.05) is 11.6 Å². The fraction of sp³-hybridized carbons (Fsp3) is 0.250. The summed E-state index contributed by atoms with van der Waals surface area (Å²) < 4.78 is 52.9. The maximum absolute atomic E-state index is 13.9. The van der Waals surface area contributed by atoms with E-state index in [0.29, 0.717) is 10.2 Å². The Bertz CT molecular complexity index is 679. The quantitative estimate of drug-likeness (QED) is 0.647. The van der Waals surface area contributed by atoms with Crippen LogP contribution in [0, 0.1) is 12.7 Å². The molecule has 0 N–H and O–H groups in total. The lowest BCUT2D eigenvalue weighted by Gasteiger charge is -2.07. The summed E-state index contributed by atoms with van der Waals surface area (Å²) in [5, 5.41) is 3.95. The molecule has 20 heavy (non-hydrogen) atoms. The minimum atomic E-state index is -4.59. The van der Waals surface area contributed by atoms with Gasteiger partial charge in [-0.25, -0.2) is 4.39 Å². The van der Waals surface area contributed by atoms with Crippen molar-refractivity contribution in [3.05, 3.63) is 38.7 Å². The lowest BCUT2D eigenvalue weighted by Crippen LogP contribution is -2.12. The van der Waals surface area contributed by atoms with Crippen molar-refractivity contribution in [2.24, 2.45) is 7.05 Å². The van der Waals surface area contributed by atoms with Crippen molar-refractivity contribution in [3.63, 3.8) is 0 Å². The van der Waals surface area contributed by atoms with Crippen molar-refractivity contribution in [2.75, 3.05) is 0 Å². The molecular weight excluding hydrogens is 363 g/mol. The maximum Gasteiger partial charge on any atom is 0.434 e. The summed E-state index contributed by atoms with van der Waals surface area (Å²) >= 11 is 8.61. The van der Waals surface area contributed by atoms with Gasteiger partial charge in [-0.15, -0.1) is 0 Å². The first-order valence-electron chi connectivity index (χ1n) is 5.38. The van der Waals surface area contributed by atoms with Gasteiger partial charge in [-0.3, -0.25) is 4.68 Å². The van der Waals surface area contributed by atoms with Crippen LogP contribution in [0.25, 0.3) is 11.3 Å². The van der Waals surface area contributed by atoms with Crippen LogP contribution in [0.1, 0.15) is 11.3 Å². The Morgan fingerprint density at radius 2 is 1.90 bits per heavy atom. The molecule has 0 aliphatic carbocycles.